The van der Waals surface area contributed by atoms with Crippen LogP contribution in [0.4, 0.5) is 11.8 Å². The van der Waals surface area contributed by atoms with Gasteiger partial charge in [0.15, 0.2) is 0 Å². The molecule has 6 nitrogen and oxygen atoms in total. The summed E-state index contributed by atoms with van der Waals surface area (Å²) in [4.78, 5) is 11.5. The number of anilines is 2. The lowest BCUT2D eigenvalue weighted by molar-refractivity contribution is 0.0398. The number of nitrogens with zero attached hydrogens (tertiary/aromatic N) is 3. The first-order valence-electron chi connectivity index (χ1n) is 8.97. The van der Waals surface area contributed by atoms with Crippen molar-refractivity contribution in [2.24, 2.45) is 0 Å². The number of hydrogen-bond donors (Lipinski definition) is 2. The Hall–Kier alpha value is -2.18. The molecule has 1 aromatic carbocycles. The van der Waals surface area contributed by atoms with Crippen molar-refractivity contribution in [3.8, 4) is 0 Å². The van der Waals surface area contributed by atoms with Crippen LogP contribution in [0.2, 0.25) is 0 Å². The van der Waals surface area contributed by atoms with Gasteiger partial charge >= 0.3 is 0 Å². The zero-order valence-electron chi connectivity index (χ0n) is 14.9. The molecule has 25 heavy (non-hydrogen) atoms. The van der Waals surface area contributed by atoms with Crippen LogP contribution in [-0.2, 0) is 11.2 Å². The topological polar surface area (TPSA) is 62.3 Å². The number of benzene rings is 1. The van der Waals surface area contributed by atoms with Crippen molar-refractivity contribution in [1.29, 1.82) is 0 Å². The molecule has 0 atom stereocenters. The van der Waals surface area contributed by atoms with E-state index >= 15 is 0 Å². The first kappa shape index (κ1) is 17.6. The van der Waals surface area contributed by atoms with Gasteiger partial charge < -0.3 is 15.4 Å². The normalized spacial score (nSPS) is 15.1. The number of ether oxygens (including phenoxy) is 1. The van der Waals surface area contributed by atoms with Crippen molar-refractivity contribution in [3.63, 3.8) is 0 Å². The van der Waals surface area contributed by atoms with Gasteiger partial charge in [0.2, 0.25) is 5.95 Å². The molecule has 1 fully saturated rings. The summed E-state index contributed by atoms with van der Waals surface area (Å²) in [7, 11) is 0. The molecule has 0 bridgehead atoms. The molecule has 1 aliphatic rings. The lowest BCUT2D eigenvalue weighted by Crippen LogP contribution is -2.39. The van der Waals surface area contributed by atoms with Gasteiger partial charge in [0.25, 0.3) is 0 Å². The second-order valence-corrected chi connectivity index (χ2v) is 6.26. The summed E-state index contributed by atoms with van der Waals surface area (Å²) >= 11 is 0. The fourth-order valence-corrected chi connectivity index (χ4v) is 2.87. The minimum Gasteiger partial charge on any atom is -0.379 e. The van der Waals surface area contributed by atoms with Crippen LogP contribution in [0.1, 0.15) is 11.3 Å². The molecule has 2 N–H and O–H groups in total. The Morgan fingerprint density at radius 1 is 1.04 bits per heavy atom. The SMILES string of the molecule is Cc1cc(NCCN2CCOCC2)nc(NCCc2ccccc2)n1. The van der Waals surface area contributed by atoms with Crippen LogP contribution in [0.15, 0.2) is 36.4 Å². The third-order valence-corrected chi connectivity index (χ3v) is 4.23. The minimum atomic E-state index is 0.685. The number of rotatable bonds is 8. The largest absolute Gasteiger partial charge is 0.379 e. The molecule has 1 saturated heterocycles. The molecule has 6 heteroatoms. The molecule has 2 heterocycles. The van der Waals surface area contributed by atoms with E-state index in [0.29, 0.717) is 5.95 Å². The van der Waals surface area contributed by atoms with Gasteiger partial charge in [-0.15, -0.1) is 0 Å². The molecular weight excluding hydrogens is 314 g/mol. The monoisotopic (exact) mass is 341 g/mol. The first-order chi connectivity index (χ1) is 12.3. The molecule has 3 rings (SSSR count). The number of nitrogens with one attached hydrogen (secondary N) is 2. The summed E-state index contributed by atoms with van der Waals surface area (Å²) in [5.41, 5.74) is 2.28. The summed E-state index contributed by atoms with van der Waals surface area (Å²) in [6.07, 6.45) is 0.956. The molecule has 134 valence electrons. The Morgan fingerprint density at radius 3 is 2.64 bits per heavy atom. The summed E-state index contributed by atoms with van der Waals surface area (Å²) in [5, 5.41) is 6.73. The molecule has 0 amide bonds. The number of aromatic nitrogens is 2. The molecule has 0 saturated carbocycles. The Morgan fingerprint density at radius 2 is 1.84 bits per heavy atom. The zero-order chi connectivity index (χ0) is 17.3. The Balaban J connectivity index is 1.46. The predicted octanol–water partition coefficient (Wildman–Crippen LogP) is 2.18. The zero-order valence-corrected chi connectivity index (χ0v) is 14.9. The summed E-state index contributed by atoms with van der Waals surface area (Å²) < 4.78 is 5.37. The molecule has 1 aliphatic heterocycles. The highest BCUT2D eigenvalue weighted by Crippen LogP contribution is 2.10. The van der Waals surface area contributed by atoms with Crippen molar-refractivity contribution in [2.45, 2.75) is 13.3 Å². The van der Waals surface area contributed by atoms with Gasteiger partial charge in [0.05, 0.1) is 13.2 Å². The Kier molecular flexibility index (Phi) is 6.59. The van der Waals surface area contributed by atoms with E-state index in [1.807, 2.05) is 19.1 Å². The third kappa shape index (κ3) is 5.99. The maximum absolute atomic E-state index is 5.37. The minimum absolute atomic E-state index is 0.685. The van der Waals surface area contributed by atoms with Crippen LogP contribution in [0, 0.1) is 6.92 Å². The highest BCUT2D eigenvalue weighted by molar-refractivity contribution is 5.42. The molecule has 0 spiro atoms. The summed E-state index contributed by atoms with van der Waals surface area (Å²) in [6.45, 7) is 8.39. The summed E-state index contributed by atoms with van der Waals surface area (Å²) in [6, 6.07) is 12.4. The second-order valence-electron chi connectivity index (χ2n) is 6.26. The van der Waals surface area contributed by atoms with E-state index in [4.69, 9.17) is 4.74 Å². The second kappa shape index (κ2) is 9.34. The maximum Gasteiger partial charge on any atom is 0.224 e. The van der Waals surface area contributed by atoms with Gasteiger partial charge in [-0.25, -0.2) is 4.98 Å². The smallest absolute Gasteiger partial charge is 0.224 e. The van der Waals surface area contributed by atoms with Gasteiger partial charge in [-0.05, 0) is 18.9 Å². The van der Waals surface area contributed by atoms with Crippen molar-refractivity contribution in [3.05, 3.63) is 47.7 Å². The average Bonchev–Trinajstić information content (AvgIpc) is 2.63. The molecule has 0 radical (unpaired) electrons. The Bertz CT molecular complexity index is 644. The maximum atomic E-state index is 5.37. The first-order valence-corrected chi connectivity index (χ1v) is 8.97. The van der Waals surface area contributed by atoms with Crippen LogP contribution in [0.3, 0.4) is 0 Å². The van der Waals surface area contributed by atoms with E-state index in [9.17, 15) is 0 Å². The number of morpholine rings is 1. The fraction of sp³-hybridized carbons (Fsp3) is 0.474. The molecule has 1 aromatic heterocycles. The molecule has 2 aromatic rings. The number of hydrogen-bond acceptors (Lipinski definition) is 6. The number of aryl methyl sites for hydroxylation is 1. The van der Waals surface area contributed by atoms with Crippen LogP contribution in [0.25, 0.3) is 0 Å². The van der Waals surface area contributed by atoms with Crippen LogP contribution in [-0.4, -0.2) is 60.8 Å². The van der Waals surface area contributed by atoms with Gasteiger partial charge in [-0.2, -0.15) is 4.98 Å². The van der Waals surface area contributed by atoms with Gasteiger partial charge in [-0.1, -0.05) is 30.3 Å². The highest BCUT2D eigenvalue weighted by atomic mass is 16.5. The predicted molar refractivity (Wildman–Crippen MR) is 101 cm³/mol. The van der Waals surface area contributed by atoms with Crippen molar-refractivity contribution in [2.75, 3.05) is 56.6 Å². The van der Waals surface area contributed by atoms with Crippen LogP contribution >= 0.6 is 0 Å². The summed E-state index contributed by atoms with van der Waals surface area (Å²) in [5.74, 6) is 1.56. The molecule has 0 aliphatic carbocycles. The standard InChI is InChI=1S/C19H27N5O/c1-16-15-18(20-9-10-24-11-13-25-14-12-24)23-19(22-16)21-8-7-17-5-3-2-4-6-17/h2-6,15H,7-14H2,1H3,(H2,20,21,22,23). The average molecular weight is 341 g/mol. The van der Waals surface area contributed by atoms with Crippen molar-refractivity contribution >= 4 is 11.8 Å². The quantitative estimate of drug-likeness (QED) is 0.767. The molecule has 0 unspecified atom stereocenters. The van der Waals surface area contributed by atoms with Crippen molar-refractivity contribution < 1.29 is 4.74 Å². The van der Waals surface area contributed by atoms with Gasteiger partial charge in [0.1, 0.15) is 5.82 Å². The van der Waals surface area contributed by atoms with E-state index in [2.05, 4.69) is 49.8 Å². The van der Waals surface area contributed by atoms with Crippen LogP contribution in [0.5, 0.6) is 0 Å². The van der Waals surface area contributed by atoms with E-state index in [1.54, 1.807) is 0 Å². The van der Waals surface area contributed by atoms with E-state index in [0.717, 1.165) is 63.9 Å². The fourth-order valence-electron chi connectivity index (χ4n) is 2.87. The lowest BCUT2D eigenvalue weighted by Gasteiger charge is -2.26. The van der Waals surface area contributed by atoms with Gasteiger partial charge in [0, 0.05) is 44.5 Å². The Labute approximate surface area is 149 Å². The molecular formula is C19H27N5O. The van der Waals surface area contributed by atoms with E-state index < -0.39 is 0 Å². The van der Waals surface area contributed by atoms with Crippen LogP contribution < -0.4 is 10.6 Å². The van der Waals surface area contributed by atoms with Gasteiger partial charge in [-0.3, -0.25) is 4.90 Å². The van der Waals surface area contributed by atoms with E-state index in [1.165, 1.54) is 5.56 Å². The van der Waals surface area contributed by atoms with E-state index in [-0.39, 0.29) is 0 Å². The third-order valence-electron chi connectivity index (χ3n) is 4.23. The lowest BCUT2D eigenvalue weighted by atomic mass is 10.1. The van der Waals surface area contributed by atoms with Crippen molar-refractivity contribution in [1.82, 2.24) is 14.9 Å². The highest BCUT2D eigenvalue weighted by Gasteiger charge is 2.09.